The molecule has 0 saturated carbocycles. The van der Waals surface area contributed by atoms with Crippen molar-refractivity contribution in [1.29, 1.82) is 0 Å². The molecule has 0 aromatic rings. The minimum absolute atomic E-state index is 0.0520. The standard InChI is InChI=1S/C9H17NO2.C3H6.C2H6/c1-6(2)4-7(10)8(11)9(3)5-12-9;1-3-2;1-2/h6-7H,4-5,10H2,1-3H3;3H,1H2,2H3;1-2H3/t7-,9?;;/m0../s1. The number of nitrogens with two attached hydrogens (primary N) is 1. The predicted molar refractivity (Wildman–Crippen MR) is 74.0 cm³/mol. The van der Waals surface area contributed by atoms with Gasteiger partial charge in [-0.2, -0.15) is 0 Å². The molecule has 0 spiro atoms. The largest absolute Gasteiger partial charge is 0.362 e. The highest BCUT2D eigenvalue weighted by molar-refractivity contribution is 5.93. The number of allylic oxidation sites excluding steroid dienone is 1. The summed E-state index contributed by atoms with van der Waals surface area (Å²) in [4.78, 5) is 11.5. The van der Waals surface area contributed by atoms with E-state index in [0.717, 1.165) is 6.42 Å². The second-order valence-electron chi connectivity index (χ2n) is 4.53. The van der Waals surface area contributed by atoms with Crippen LogP contribution in [0.4, 0.5) is 0 Å². The molecule has 0 radical (unpaired) electrons. The first-order valence-corrected chi connectivity index (χ1v) is 6.38. The number of ketones is 1. The highest BCUT2D eigenvalue weighted by atomic mass is 16.6. The lowest BCUT2D eigenvalue weighted by Gasteiger charge is -2.14. The van der Waals surface area contributed by atoms with Crippen molar-refractivity contribution in [3.8, 4) is 0 Å². The van der Waals surface area contributed by atoms with E-state index in [1.807, 2.05) is 20.8 Å². The van der Waals surface area contributed by atoms with Gasteiger partial charge in [-0.15, -0.1) is 6.58 Å². The molecule has 0 aromatic heterocycles. The zero-order valence-electron chi connectivity index (χ0n) is 12.2. The second-order valence-corrected chi connectivity index (χ2v) is 4.53. The van der Waals surface area contributed by atoms with E-state index in [4.69, 9.17) is 10.5 Å². The van der Waals surface area contributed by atoms with Gasteiger partial charge in [0, 0.05) is 0 Å². The Labute approximate surface area is 106 Å². The van der Waals surface area contributed by atoms with Crippen molar-refractivity contribution in [3.63, 3.8) is 0 Å². The number of hydrogen-bond donors (Lipinski definition) is 1. The van der Waals surface area contributed by atoms with E-state index < -0.39 is 5.60 Å². The highest BCUT2D eigenvalue weighted by Gasteiger charge is 2.48. The molecule has 0 aliphatic carbocycles. The van der Waals surface area contributed by atoms with Crippen LogP contribution in [-0.4, -0.2) is 24.0 Å². The number of carbonyl (C=O) groups excluding carboxylic acids is 1. The fourth-order valence-electron chi connectivity index (χ4n) is 1.26. The molecule has 102 valence electrons. The van der Waals surface area contributed by atoms with Crippen molar-refractivity contribution < 1.29 is 9.53 Å². The molecule has 1 heterocycles. The third-order valence-corrected chi connectivity index (χ3v) is 2.16. The van der Waals surface area contributed by atoms with E-state index in [1.54, 1.807) is 13.0 Å². The fourth-order valence-corrected chi connectivity index (χ4v) is 1.26. The molecule has 1 saturated heterocycles. The first kappa shape index (κ1) is 18.7. The van der Waals surface area contributed by atoms with Gasteiger partial charge < -0.3 is 10.5 Å². The Morgan fingerprint density at radius 3 is 2.12 bits per heavy atom. The molecule has 1 aliphatic rings. The van der Waals surface area contributed by atoms with Crippen LogP contribution >= 0.6 is 0 Å². The lowest BCUT2D eigenvalue weighted by atomic mass is 9.94. The molecule has 2 N–H and O–H groups in total. The summed E-state index contributed by atoms with van der Waals surface area (Å²) in [6.45, 7) is 15.7. The van der Waals surface area contributed by atoms with Gasteiger partial charge in [-0.1, -0.05) is 33.8 Å². The van der Waals surface area contributed by atoms with Crippen LogP contribution in [0.1, 0.15) is 48.0 Å². The molecule has 1 unspecified atom stereocenters. The maximum absolute atomic E-state index is 11.5. The third-order valence-electron chi connectivity index (χ3n) is 2.16. The van der Waals surface area contributed by atoms with Gasteiger partial charge in [-0.3, -0.25) is 4.79 Å². The number of carbonyl (C=O) groups is 1. The van der Waals surface area contributed by atoms with E-state index >= 15 is 0 Å². The van der Waals surface area contributed by atoms with Gasteiger partial charge in [0.05, 0.1) is 12.6 Å². The van der Waals surface area contributed by atoms with E-state index in [1.165, 1.54) is 0 Å². The zero-order chi connectivity index (χ0) is 14.1. The summed E-state index contributed by atoms with van der Waals surface area (Å²) in [6.07, 6.45) is 2.50. The summed E-state index contributed by atoms with van der Waals surface area (Å²) in [5.74, 6) is 0.516. The van der Waals surface area contributed by atoms with Gasteiger partial charge in [0.25, 0.3) is 0 Å². The lowest BCUT2D eigenvalue weighted by Crippen LogP contribution is -2.40. The normalized spacial score (nSPS) is 22.6. The summed E-state index contributed by atoms with van der Waals surface area (Å²) in [6, 6.07) is -0.350. The minimum atomic E-state index is -0.547. The lowest BCUT2D eigenvalue weighted by molar-refractivity contribution is -0.125. The third kappa shape index (κ3) is 8.11. The summed E-state index contributed by atoms with van der Waals surface area (Å²) in [7, 11) is 0. The Morgan fingerprint density at radius 1 is 1.53 bits per heavy atom. The molecule has 1 fully saturated rings. The quantitative estimate of drug-likeness (QED) is 0.610. The average Bonchev–Trinajstić information content (AvgIpc) is 3.00. The Morgan fingerprint density at radius 2 is 1.88 bits per heavy atom. The van der Waals surface area contributed by atoms with Crippen molar-refractivity contribution in [2.45, 2.75) is 59.6 Å². The maximum atomic E-state index is 11.5. The SMILES string of the molecule is C=CC.CC.CC(C)C[C@H](N)C(=O)C1(C)CO1. The zero-order valence-corrected chi connectivity index (χ0v) is 12.2. The molecule has 3 nitrogen and oxygen atoms in total. The Kier molecular flexibility index (Phi) is 10.3. The van der Waals surface area contributed by atoms with Crippen LogP contribution in [0.2, 0.25) is 0 Å². The maximum Gasteiger partial charge on any atom is 0.183 e. The van der Waals surface area contributed by atoms with Gasteiger partial charge in [0.15, 0.2) is 5.78 Å². The summed E-state index contributed by atoms with van der Waals surface area (Å²) in [5, 5.41) is 0. The average molecular weight is 243 g/mol. The topological polar surface area (TPSA) is 55.6 Å². The van der Waals surface area contributed by atoms with Crippen molar-refractivity contribution in [2.75, 3.05) is 6.61 Å². The van der Waals surface area contributed by atoms with Gasteiger partial charge in [-0.25, -0.2) is 0 Å². The minimum Gasteiger partial charge on any atom is -0.362 e. The van der Waals surface area contributed by atoms with Crippen LogP contribution in [0.25, 0.3) is 0 Å². The molecule has 0 amide bonds. The van der Waals surface area contributed by atoms with Crippen LogP contribution in [0, 0.1) is 5.92 Å². The van der Waals surface area contributed by atoms with E-state index in [2.05, 4.69) is 20.4 Å². The number of Topliss-reactive ketones (excluding diaryl/α,β-unsaturated/α-hetero) is 1. The molecule has 3 heteroatoms. The molecular formula is C14H29NO2. The van der Waals surface area contributed by atoms with Gasteiger partial charge >= 0.3 is 0 Å². The van der Waals surface area contributed by atoms with E-state index in [0.29, 0.717) is 12.5 Å². The molecule has 2 atom stereocenters. The van der Waals surface area contributed by atoms with Gasteiger partial charge in [0.1, 0.15) is 5.60 Å². The molecule has 0 bridgehead atoms. The monoisotopic (exact) mass is 243 g/mol. The molecule has 0 aromatic carbocycles. The molecule has 1 aliphatic heterocycles. The highest BCUT2D eigenvalue weighted by Crippen LogP contribution is 2.28. The van der Waals surface area contributed by atoms with E-state index in [-0.39, 0.29) is 11.8 Å². The molecule has 17 heavy (non-hydrogen) atoms. The van der Waals surface area contributed by atoms with Crippen molar-refractivity contribution in [2.24, 2.45) is 11.7 Å². The predicted octanol–water partition coefficient (Wildman–Crippen LogP) is 2.94. The number of ether oxygens (including phenoxy) is 1. The smallest absolute Gasteiger partial charge is 0.183 e. The number of hydrogen-bond acceptors (Lipinski definition) is 3. The van der Waals surface area contributed by atoms with Crippen LogP contribution in [0.5, 0.6) is 0 Å². The summed E-state index contributed by atoms with van der Waals surface area (Å²) in [5.41, 5.74) is 5.17. The van der Waals surface area contributed by atoms with Crippen LogP contribution < -0.4 is 5.73 Å². The number of rotatable bonds is 4. The molecular weight excluding hydrogens is 214 g/mol. The van der Waals surface area contributed by atoms with E-state index in [9.17, 15) is 4.79 Å². The first-order valence-electron chi connectivity index (χ1n) is 6.38. The van der Waals surface area contributed by atoms with Crippen molar-refractivity contribution >= 4 is 5.78 Å². The van der Waals surface area contributed by atoms with Crippen molar-refractivity contribution in [1.82, 2.24) is 0 Å². The van der Waals surface area contributed by atoms with Crippen molar-refractivity contribution in [3.05, 3.63) is 12.7 Å². The summed E-state index contributed by atoms with van der Waals surface area (Å²) >= 11 is 0. The van der Waals surface area contributed by atoms with Crippen LogP contribution in [0.15, 0.2) is 12.7 Å². The van der Waals surface area contributed by atoms with Gasteiger partial charge in [0.2, 0.25) is 0 Å². The Bertz CT molecular complexity index is 220. The first-order chi connectivity index (χ1) is 7.87. The number of epoxide rings is 1. The second kappa shape index (κ2) is 9.37. The van der Waals surface area contributed by atoms with Crippen LogP contribution in [-0.2, 0) is 9.53 Å². The Hall–Kier alpha value is -0.670. The van der Waals surface area contributed by atoms with Crippen LogP contribution in [0.3, 0.4) is 0 Å². The Balaban J connectivity index is 0. The fraction of sp³-hybridized carbons (Fsp3) is 0.786. The molecule has 1 rings (SSSR count). The summed E-state index contributed by atoms with van der Waals surface area (Å²) < 4.78 is 5.03. The van der Waals surface area contributed by atoms with Gasteiger partial charge in [-0.05, 0) is 26.2 Å².